The lowest BCUT2D eigenvalue weighted by Gasteiger charge is -2.17. The van der Waals surface area contributed by atoms with Gasteiger partial charge in [-0.25, -0.2) is 0 Å². The molecule has 1 aliphatic heterocycles. The Morgan fingerprint density at radius 3 is 1.89 bits per heavy atom. The van der Waals surface area contributed by atoms with E-state index in [0.29, 0.717) is 0 Å². The molecule has 2 aromatic heterocycles. The fourth-order valence-corrected chi connectivity index (χ4v) is 10.2. The van der Waals surface area contributed by atoms with Crippen molar-refractivity contribution < 1.29 is 0 Å². The third kappa shape index (κ3) is 1.28. The summed E-state index contributed by atoms with van der Waals surface area (Å²) in [5, 5.41) is 8.47. The third-order valence-electron chi connectivity index (χ3n) is 3.29. The van der Waals surface area contributed by atoms with Gasteiger partial charge in [0.2, 0.25) is 0 Å². The summed E-state index contributed by atoms with van der Waals surface area (Å²) in [7, 11) is 0. The molecule has 88 valence electrons. The van der Waals surface area contributed by atoms with Crippen LogP contribution in [0.1, 0.15) is 0 Å². The number of benzene rings is 1. The standard InChI is InChI=1S/C14H9PS3/c16-15(10-4-2-1-3-5-10)11-6-8-17-13(11)14-12(15)7-9-18-14/h1-9H. The highest BCUT2D eigenvalue weighted by Gasteiger charge is 2.37. The van der Waals surface area contributed by atoms with Crippen LogP contribution in [-0.2, 0) is 11.8 Å². The molecule has 0 saturated carbocycles. The summed E-state index contributed by atoms with van der Waals surface area (Å²) in [5.74, 6) is 0. The first-order valence-electron chi connectivity index (χ1n) is 5.64. The molecular formula is C14H9PS3. The van der Waals surface area contributed by atoms with Gasteiger partial charge in [-0.15, -0.1) is 22.7 Å². The Morgan fingerprint density at radius 1 is 0.778 bits per heavy atom. The SMILES string of the molecule is S=P1(c2ccccc2)c2ccsc2-c2sccc21. The van der Waals surface area contributed by atoms with Crippen molar-refractivity contribution in [1.29, 1.82) is 0 Å². The summed E-state index contributed by atoms with van der Waals surface area (Å²) < 4.78 is 0. The molecule has 0 atom stereocenters. The van der Waals surface area contributed by atoms with Crippen LogP contribution in [0.5, 0.6) is 0 Å². The highest BCUT2D eigenvalue weighted by atomic mass is 32.4. The van der Waals surface area contributed by atoms with Crippen molar-refractivity contribution in [2.45, 2.75) is 0 Å². The van der Waals surface area contributed by atoms with E-state index >= 15 is 0 Å². The maximum absolute atomic E-state index is 6.17. The first-order chi connectivity index (χ1) is 8.82. The van der Waals surface area contributed by atoms with Gasteiger partial charge in [-0.2, -0.15) is 0 Å². The Hall–Kier alpha value is -0.730. The fraction of sp³-hybridized carbons (Fsp3) is 0. The van der Waals surface area contributed by atoms with Crippen molar-refractivity contribution in [1.82, 2.24) is 0 Å². The third-order valence-corrected chi connectivity index (χ3v) is 10.5. The van der Waals surface area contributed by atoms with Crippen LogP contribution in [0.2, 0.25) is 0 Å². The van der Waals surface area contributed by atoms with E-state index in [9.17, 15) is 0 Å². The second-order valence-corrected chi connectivity index (χ2v) is 10.4. The molecule has 4 heteroatoms. The van der Waals surface area contributed by atoms with Crippen LogP contribution in [0.15, 0.2) is 53.2 Å². The first-order valence-corrected chi connectivity index (χ1v) is 10.2. The fourth-order valence-electron chi connectivity index (χ4n) is 2.49. The average Bonchev–Trinajstić information content (AvgIpc) is 3.09. The molecule has 4 rings (SSSR count). The van der Waals surface area contributed by atoms with Crippen LogP contribution in [0, 0.1) is 0 Å². The lowest BCUT2D eigenvalue weighted by molar-refractivity contribution is 1.77. The minimum absolute atomic E-state index is 1.32. The summed E-state index contributed by atoms with van der Waals surface area (Å²) >= 11 is 9.83. The Labute approximate surface area is 119 Å². The van der Waals surface area contributed by atoms with Crippen molar-refractivity contribution >= 4 is 56.4 Å². The number of rotatable bonds is 1. The molecule has 0 nitrogen and oxygen atoms in total. The lowest BCUT2D eigenvalue weighted by Crippen LogP contribution is -2.18. The normalized spacial score (nSPS) is 15.3. The topological polar surface area (TPSA) is 0 Å². The summed E-state index contributed by atoms with van der Waals surface area (Å²) in [6, 6.07) is 13.4. The molecule has 0 aliphatic carbocycles. The van der Waals surface area contributed by atoms with Gasteiger partial charge in [0.25, 0.3) is 0 Å². The van der Waals surface area contributed by atoms with Crippen molar-refractivity contribution in [3.63, 3.8) is 0 Å². The Bertz CT molecular complexity index is 723. The Balaban J connectivity index is 2.12. The number of thiophene rings is 2. The molecule has 3 heterocycles. The maximum Gasteiger partial charge on any atom is 0.0540 e. The summed E-state index contributed by atoms with van der Waals surface area (Å²) in [6.07, 6.45) is 0. The molecule has 0 spiro atoms. The van der Waals surface area contributed by atoms with Crippen LogP contribution in [0.25, 0.3) is 9.75 Å². The van der Waals surface area contributed by atoms with E-state index in [2.05, 4.69) is 53.2 Å². The van der Waals surface area contributed by atoms with Crippen LogP contribution < -0.4 is 15.9 Å². The van der Waals surface area contributed by atoms with Crippen molar-refractivity contribution in [2.75, 3.05) is 0 Å². The summed E-state index contributed by atoms with van der Waals surface area (Å²) in [6.45, 7) is 0. The van der Waals surface area contributed by atoms with Gasteiger partial charge < -0.3 is 0 Å². The van der Waals surface area contributed by atoms with Gasteiger partial charge in [-0.3, -0.25) is 0 Å². The molecule has 0 saturated heterocycles. The van der Waals surface area contributed by atoms with Crippen LogP contribution >= 0.6 is 28.7 Å². The van der Waals surface area contributed by atoms with E-state index in [-0.39, 0.29) is 0 Å². The van der Waals surface area contributed by atoms with E-state index in [4.69, 9.17) is 11.8 Å². The van der Waals surface area contributed by atoms with Crippen molar-refractivity contribution in [3.05, 3.63) is 53.2 Å². The van der Waals surface area contributed by atoms with Crippen LogP contribution in [0.3, 0.4) is 0 Å². The Morgan fingerprint density at radius 2 is 1.33 bits per heavy atom. The summed E-state index contributed by atoms with van der Waals surface area (Å²) in [4.78, 5) is 2.82. The Kier molecular flexibility index (Phi) is 2.40. The molecule has 0 amide bonds. The second kappa shape index (κ2) is 3.88. The minimum Gasteiger partial charge on any atom is -0.142 e. The van der Waals surface area contributed by atoms with Gasteiger partial charge >= 0.3 is 0 Å². The highest BCUT2D eigenvalue weighted by molar-refractivity contribution is 8.26. The lowest BCUT2D eigenvalue weighted by atomic mass is 10.4. The first kappa shape index (κ1) is 11.1. The monoisotopic (exact) mass is 304 g/mol. The smallest absolute Gasteiger partial charge is 0.0540 e. The van der Waals surface area contributed by atoms with Gasteiger partial charge in [0.05, 0.1) is 9.75 Å². The number of hydrogen-bond acceptors (Lipinski definition) is 3. The molecule has 0 N–H and O–H groups in total. The highest BCUT2D eigenvalue weighted by Crippen LogP contribution is 2.55. The zero-order valence-electron chi connectivity index (χ0n) is 9.37. The van der Waals surface area contributed by atoms with Crippen molar-refractivity contribution in [2.24, 2.45) is 0 Å². The van der Waals surface area contributed by atoms with Crippen molar-refractivity contribution in [3.8, 4) is 9.75 Å². The second-order valence-electron chi connectivity index (χ2n) is 4.21. The molecule has 0 radical (unpaired) electrons. The van der Waals surface area contributed by atoms with E-state index in [1.807, 2.05) is 22.7 Å². The van der Waals surface area contributed by atoms with Gasteiger partial charge in [-0.05, 0) is 28.2 Å². The largest absolute Gasteiger partial charge is 0.142 e. The van der Waals surface area contributed by atoms with E-state index in [1.54, 1.807) is 0 Å². The average molecular weight is 304 g/mol. The maximum atomic E-state index is 6.17. The number of fused-ring (bicyclic) bond motifs is 3. The number of hydrogen-bond donors (Lipinski definition) is 0. The molecule has 0 fully saturated rings. The van der Waals surface area contributed by atoms with Crippen LogP contribution in [-0.4, -0.2) is 0 Å². The van der Waals surface area contributed by atoms with Gasteiger partial charge in [0, 0.05) is 16.6 Å². The predicted molar refractivity (Wildman–Crippen MR) is 87.3 cm³/mol. The molecule has 3 aromatic rings. The van der Waals surface area contributed by atoms with E-state index in [1.165, 1.54) is 25.7 Å². The molecule has 1 aromatic carbocycles. The van der Waals surface area contributed by atoms with E-state index < -0.39 is 6.04 Å². The zero-order chi connectivity index (χ0) is 12.2. The van der Waals surface area contributed by atoms with E-state index in [0.717, 1.165) is 0 Å². The molecule has 18 heavy (non-hydrogen) atoms. The van der Waals surface area contributed by atoms with Gasteiger partial charge in [0.1, 0.15) is 0 Å². The molecule has 1 aliphatic rings. The molecule has 0 bridgehead atoms. The minimum atomic E-state index is -1.75. The van der Waals surface area contributed by atoms with Gasteiger partial charge in [-0.1, -0.05) is 42.1 Å². The van der Waals surface area contributed by atoms with Crippen LogP contribution in [0.4, 0.5) is 0 Å². The summed E-state index contributed by atoms with van der Waals surface area (Å²) in [5.41, 5.74) is 0. The molecule has 0 unspecified atom stereocenters. The van der Waals surface area contributed by atoms with Gasteiger partial charge in [0.15, 0.2) is 0 Å². The molecular weight excluding hydrogens is 295 g/mol. The zero-order valence-corrected chi connectivity index (χ0v) is 12.7. The quantitative estimate of drug-likeness (QED) is 0.485. The predicted octanol–water partition coefficient (Wildman–Crippen LogP) is 3.55.